The van der Waals surface area contributed by atoms with E-state index in [1.54, 1.807) is 7.05 Å². The van der Waals surface area contributed by atoms with Crippen molar-refractivity contribution in [2.45, 2.75) is 37.8 Å². The van der Waals surface area contributed by atoms with E-state index < -0.39 is 0 Å². The summed E-state index contributed by atoms with van der Waals surface area (Å²) in [6, 6.07) is 0.580. The zero-order chi connectivity index (χ0) is 11.8. The third-order valence-corrected chi connectivity index (χ3v) is 4.42. The van der Waals surface area contributed by atoms with Gasteiger partial charge in [0.25, 0.3) is 0 Å². The standard InChI is InChI=1S/C13H22N2O2/c1-14-13(16)10-6-12-11(4-5-17-12)15(8-10)7-9-2-3-9/h9-12H,2-8H2,1H3,(H,14,16)/t10-,11+,12+/m0/s1. The highest BCUT2D eigenvalue weighted by Crippen LogP contribution is 2.36. The summed E-state index contributed by atoms with van der Waals surface area (Å²) in [5.74, 6) is 1.19. The topological polar surface area (TPSA) is 41.6 Å². The van der Waals surface area contributed by atoms with Gasteiger partial charge in [-0.05, 0) is 31.6 Å². The monoisotopic (exact) mass is 238 g/mol. The van der Waals surface area contributed by atoms with E-state index in [1.165, 1.54) is 19.4 Å². The van der Waals surface area contributed by atoms with Gasteiger partial charge in [0.05, 0.1) is 12.0 Å². The number of fused-ring (bicyclic) bond motifs is 1. The zero-order valence-corrected chi connectivity index (χ0v) is 10.5. The minimum absolute atomic E-state index is 0.123. The van der Waals surface area contributed by atoms with Crippen molar-refractivity contribution in [1.82, 2.24) is 10.2 Å². The molecular weight excluding hydrogens is 216 g/mol. The van der Waals surface area contributed by atoms with Crippen molar-refractivity contribution in [2.24, 2.45) is 11.8 Å². The lowest BCUT2D eigenvalue weighted by Crippen LogP contribution is -2.53. The molecule has 3 atom stereocenters. The molecule has 0 unspecified atom stereocenters. The van der Waals surface area contributed by atoms with Gasteiger partial charge in [0.2, 0.25) is 5.91 Å². The lowest BCUT2D eigenvalue weighted by Gasteiger charge is -2.40. The van der Waals surface area contributed by atoms with Crippen molar-refractivity contribution < 1.29 is 9.53 Å². The highest BCUT2D eigenvalue weighted by molar-refractivity contribution is 5.78. The van der Waals surface area contributed by atoms with Gasteiger partial charge in [-0.25, -0.2) is 0 Å². The van der Waals surface area contributed by atoms with Crippen LogP contribution < -0.4 is 5.32 Å². The van der Waals surface area contributed by atoms with Gasteiger partial charge in [0.1, 0.15) is 0 Å². The smallest absolute Gasteiger partial charge is 0.224 e. The Bertz CT molecular complexity index is 304. The third-order valence-electron chi connectivity index (χ3n) is 4.42. The molecule has 0 aromatic heterocycles. The number of hydrogen-bond donors (Lipinski definition) is 1. The van der Waals surface area contributed by atoms with Crippen LogP contribution >= 0.6 is 0 Å². The Balaban J connectivity index is 1.68. The van der Waals surface area contributed by atoms with Crippen LogP contribution in [0.25, 0.3) is 0 Å². The second-order valence-corrected chi connectivity index (χ2v) is 5.71. The molecule has 0 aromatic rings. The molecule has 1 aliphatic carbocycles. The van der Waals surface area contributed by atoms with Crippen LogP contribution in [-0.2, 0) is 9.53 Å². The van der Waals surface area contributed by atoms with Crippen LogP contribution in [0.1, 0.15) is 25.7 Å². The summed E-state index contributed by atoms with van der Waals surface area (Å²) in [7, 11) is 1.73. The van der Waals surface area contributed by atoms with Gasteiger partial charge in [-0.2, -0.15) is 0 Å². The number of ether oxygens (including phenoxy) is 1. The third kappa shape index (κ3) is 2.33. The highest BCUT2D eigenvalue weighted by atomic mass is 16.5. The minimum atomic E-state index is 0.123. The molecule has 96 valence electrons. The van der Waals surface area contributed by atoms with E-state index in [-0.39, 0.29) is 11.8 Å². The summed E-state index contributed by atoms with van der Waals surface area (Å²) in [5.41, 5.74) is 0. The largest absolute Gasteiger partial charge is 0.377 e. The molecule has 4 heteroatoms. The van der Waals surface area contributed by atoms with Crippen molar-refractivity contribution >= 4 is 5.91 Å². The fourth-order valence-corrected chi connectivity index (χ4v) is 3.29. The molecule has 0 bridgehead atoms. The van der Waals surface area contributed by atoms with E-state index >= 15 is 0 Å². The van der Waals surface area contributed by atoms with E-state index in [1.807, 2.05) is 0 Å². The van der Waals surface area contributed by atoms with Crippen LogP contribution in [-0.4, -0.2) is 49.7 Å². The van der Waals surface area contributed by atoms with Gasteiger partial charge >= 0.3 is 0 Å². The molecule has 17 heavy (non-hydrogen) atoms. The molecule has 0 aromatic carbocycles. The van der Waals surface area contributed by atoms with Gasteiger partial charge in [-0.3, -0.25) is 9.69 Å². The van der Waals surface area contributed by atoms with E-state index in [2.05, 4.69) is 10.2 Å². The van der Waals surface area contributed by atoms with Crippen molar-refractivity contribution in [1.29, 1.82) is 0 Å². The number of carbonyl (C=O) groups excluding carboxylic acids is 1. The molecule has 1 amide bonds. The molecule has 3 aliphatic rings. The molecule has 4 nitrogen and oxygen atoms in total. The lowest BCUT2D eigenvalue weighted by molar-refractivity contribution is -0.129. The maximum atomic E-state index is 11.8. The molecule has 1 saturated carbocycles. The van der Waals surface area contributed by atoms with E-state index in [9.17, 15) is 4.79 Å². The van der Waals surface area contributed by atoms with E-state index in [0.717, 1.165) is 31.9 Å². The average molecular weight is 238 g/mol. The fraction of sp³-hybridized carbons (Fsp3) is 0.923. The van der Waals surface area contributed by atoms with Gasteiger partial charge in [-0.15, -0.1) is 0 Å². The van der Waals surface area contributed by atoms with E-state index in [0.29, 0.717) is 12.1 Å². The molecule has 0 spiro atoms. The van der Waals surface area contributed by atoms with Gasteiger partial charge in [0, 0.05) is 32.8 Å². The van der Waals surface area contributed by atoms with Crippen LogP contribution in [0.2, 0.25) is 0 Å². The Hall–Kier alpha value is -0.610. The van der Waals surface area contributed by atoms with Crippen molar-refractivity contribution in [3.8, 4) is 0 Å². The Morgan fingerprint density at radius 3 is 2.94 bits per heavy atom. The number of nitrogens with one attached hydrogen (secondary N) is 1. The number of hydrogen-bond acceptors (Lipinski definition) is 3. The summed E-state index contributed by atoms with van der Waals surface area (Å²) in [6.45, 7) is 2.98. The Morgan fingerprint density at radius 1 is 1.41 bits per heavy atom. The molecule has 3 fully saturated rings. The van der Waals surface area contributed by atoms with Crippen LogP contribution in [0, 0.1) is 11.8 Å². The number of piperidine rings is 1. The number of nitrogens with zero attached hydrogens (tertiary/aromatic N) is 1. The van der Waals surface area contributed by atoms with Gasteiger partial charge in [-0.1, -0.05) is 0 Å². The second kappa shape index (κ2) is 4.58. The van der Waals surface area contributed by atoms with Crippen LogP contribution in [0.4, 0.5) is 0 Å². The van der Waals surface area contributed by atoms with Crippen LogP contribution in [0.5, 0.6) is 0 Å². The summed E-state index contributed by atoms with van der Waals surface area (Å²) >= 11 is 0. The lowest BCUT2D eigenvalue weighted by atomic mass is 9.89. The second-order valence-electron chi connectivity index (χ2n) is 5.71. The minimum Gasteiger partial charge on any atom is -0.377 e. The first kappa shape index (κ1) is 11.5. The Labute approximate surface area is 103 Å². The Kier molecular flexibility index (Phi) is 3.09. The van der Waals surface area contributed by atoms with Crippen molar-refractivity contribution in [2.75, 3.05) is 26.7 Å². The highest BCUT2D eigenvalue weighted by Gasteiger charge is 2.43. The van der Waals surface area contributed by atoms with E-state index in [4.69, 9.17) is 4.74 Å². The normalized spacial score (nSPS) is 37.8. The van der Waals surface area contributed by atoms with Crippen molar-refractivity contribution in [3.05, 3.63) is 0 Å². The maximum Gasteiger partial charge on any atom is 0.224 e. The first-order valence-electron chi connectivity index (χ1n) is 6.85. The molecule has 0 radical (unpaired) electrons. The molecule has 2 heterocycles. The molecule has 2 aliphatic heterocycles. The maximum absolute atomic E-state index is 11.8. The predicted molar refractivity (Wildman–Crippen MR) is 64.6 cm³/mol. The molecule has 1 N–H and O–H groups in total. The number of likely N-dealkylation sites (tertiary alicyclic amines) is 1. The van der Waals surface area contributed by atoms with Crippen LogP contribution in [0.15, 0.2) is 0 Å². The predicted octanol–water partition coefficient (Wildman–Crippen LogP) is 0.622. The average Bonchev–Trinajstić information content (AvgIpc) is 3.02. The number of rotatable bonds is 3. The Morgan fingerprint density at radius 2 is 2.24 bits per heavy atom. The fourth-order valence-electron chi connectivity index (χ4n) is 3.29. The summed E-state index contributed by atoms with van der Waals surface area (Å²) in [4.78, 5) is 14.3. The van der Waals surface area contributed by atoms with Crippen molar-refractivity contribution in [3.63, 3.8) is 0 Å². The first-order chi connectivity index (χ1) is 8.28. The van der Waals surface area contributed by atoms with Gasteiger partial charge in [0.15, 0.2) is 0 Å². The molecule has 3 rings (SSSR count). The number of amides is 1. The SMILES string of the molecule is CNC(=O)[C@H]1C[C@H]2OCC[C@H]2N(CC2CC2)C1. The summed E-state index contributed by atoms with van der Waals surface area (Å²) < 4.78 is 5.79. The number of carbonyl (C=O) groups is 1. The van der Waals surface area contributed by atoms with Gasteiger partial charge < -0.3 is 10.1 Å². The summed E-state index contributed by atoms with van der Waals surface area (Å²) in [5, 5.41) is 2.78. The molecule has 2 saturated heterocycles. The first-order valence-corrected chi connectivity index (χ1v) is 6.85. The quantitative estimate of drug-likeness (QED) is 0.784. The molecular formula is C13H22N2O2. The zero-order valence-electron chi connectivity index (χ0n) is 10.5. The van der Waals surface area contributed by atoms with Crippen LogP contribution in [0.3, 0.4) is 0 Å². The summed E-state index contributed by atoms with van der Waals surface area (Å²) in [6.07, 6.45) is 5.10.